The summed E-state index contributed by atoms with van der Waals surface area (Å²) in [5, 5.41) is 21.8. The second kappa shape index (κ2) is 12.0. The van der Waals surface area contributed by atoms with Crippen LogP contribution in [0.15, 0.2) is 24.3 Å². The molecule has 0 unspecified atom stereocenters. The highest BCUT2D eigenvalue weighted by atomic mass is 16.7. The first-order chi connectivity index (χ1) is 17.4. The van der Waals surface area contributed by atoms with Gasteiger partial charge in [-0.15, -0.1) is 0 Å². The lowest BCUT2D eigenvalue weighted by Gasteiger charge is -2.35. The number of hydrogen-bond acceptors (Lipinski definition) is 8. The molecule has 3 fully saturated rings. The molecule has 10 nitrogen and oxygen atoms in total. The van der Waals surface area contributed by atoms with Crippen LogP contribution in [0.5, 0.6) is 5.75 Å². The molecule has 1 saturated carbocycles. The van der Waals surface area contributed by atoms with E-state index in [4.69, 9.17) is 19.3 Å². The van der Waals surface area contributed by atoms with Crippen molar-refractivity contribution < 1.29 is 38.8 Å². The Bertz CT molecular complexity index is 934. The van der Waals surface area contributed by atoms with Gasteiger partial charge >= 0.3 is 5.97 Å². The maximum absolute atomic E-state index is 13.9. The molecule has 0 bridgehead atoms. The van der Waals surface area contributed by atoms with Crippen molar-refractivity contribution >= 4 is 17.8 Å². The summed E-state index contributed by atoms with van der Waals surface area (Å²) >= 11 is 0. The van der Waals surface area contributed by atoms with Crippen LogP contribution < -0.4 is 5.32 Å². The second-order valence-corrected chi connectivity index (χ2v) is 9.82. The predicted octanol–water partition coefficient (Wildman–Crippen LogP) is 1.27. The zero-order chi connectivity index (χ0) is 25.7. The molecule has 1 aliphatic carbocycles. The zero-order valence-corrected chi connectivity index (χ0v) is 20.6. The number of amides is 2. The first kappa shape index (κ1) is 26.4. The first-order valence-electron chi connectivity index (χ1n) is 12.8. The number of phenolic OH excluding ortho intramolecular Hbond substituents is 1. The van der Waals surface area contributed by atoms with Gasteiger partial charge in [-0.1, -0.05) is 31.4 Å². The Balaban J connectivity index is 1.51. The Morgan fingerprint density at radius 3 is 2.67 bits per heavy atom. The smallest absolute Gasteiger partial charge is 0.331 e. The quantitative estimate of drug-likeness (QED) is 0.428. The number of esters is 1. The van der Waals surface area contributed by atoms with Gasteiger partial charge in [-0.3, -0.25) is 9.59 Å². The fraction of sp³-hybridized carbons (Fsp3) is 0.654. The van der Waals surface area contributed by atoms with Gasteiger partial charge < -0.3 is 34.6 Å². The summed E-state index contributed by atoms with van der Waals surface area (Å²) in [4.78, 5) is 41.1. The average molecular weight is 505 g/mol. The molecule has 3 aliphatic rings. The number of aliphatic hydroxyl groups is 1. The van der Waals surface area contributed by atoms with Crippen molar-refractivity contribution in [2.24, 2.45) is 5.92 Å². The molecular weight excluding hydrogens is 468 g/mol. The van der Waals surface area contributed by atoms with Gasteiger partial charge in [0.25, 0.3) is 0 Å². The SMILES string of the molecule is COC(=O)[C@@H]1[C@H]2O[C@@H](CCCO)O[C@H]2CN1C(=O)[C@@H](NC(=O)Cc1cccc(O)c1)C1CCCCC1. The number of hydrogen-bond donors (Lipinski definition) is 3. The van der Waals surface area contributed by atoms with Gasteiger partial charge in [0.1, 0.15) is 24.0 Å². The molecule has 0 aromatic heterocycles. The molecule has 0 spiro atoms. The molecule has 2 saturated heterocycles. The number of aromatic hydroxyl groups is 1. The summed E-state index contributed by atoms with van der Waals surface area (Å²) in [6, 6.07) is 4.71. The number of methoxy groups -OCH3 is 1. The monoisotopic (exact) mass is 504 g/mol. The highest BCUT2D eigenvalue weighted by molar-refractivity contribution is 5.92. The van der Waals surface area contributed by atoms with E-state index in [0.717, 1.165) is 32.1 Å². The van der Waals surface area contributed by atoms with Crippen molar-refractivity contribution in [3.05, 3.63) is 29.8 Å². The topological polar surface area (TPSA) is 135 Å². The molecule has 1 aromatic carbocycles. The van der Waals surface area contributed by atoms with Crippen LogP contribution in [0.1, 0.15) is 50.5 Å². The van der Waals surface area contributed by atoms with E-state index in [9.17, 15) is 19.5 Å². The van der Waals surface area contributed by atoms with Crippen LogP contribution in [0.25, 0.3) is 0 Å². The molecule has 3 N–H and O–H groups in total. The van der Waals surface area contributed by atoms with Gasteiger partial charge in [-0.05, 0) is 42.9 Å². The zero-order valence-electron chi connectivity index (χ0n) is 20.6. The number of likely N-dealkylation sites (tertiary alicyclic amines) is 1. The highest BCUT2D eigenvalue weighted by Gasteiger charge is 2.56. The molecule has 4 rings (SSSR count). The Morgan fingerprint density at radius 2 is 1.97 bits per heavy atom. The number of aliphatic hydroxyl groups excluding tert-OH is 1. The van der Waals surface area contributed by atoms with Crippen LogP contribution in [0.4, 0.5) is 0 Å². The summed E-state index contributed by atoms with van der Waals surface area (Å²) in [6.45, 7) is 0.166. The molecule has 2 amide bonds. The molecule has 10 heteroatoms. The fourth-order valence-corrected chi connectivity index (χ4v) is 5.58. The van der Waals surface area contributed by atoms with E-state index in [2.05, 4.69) is 5.32 Å². The number of nitrogens with one attached hydrogen (secondary N) is 1. The summed E-state index contributed by atoms with van der Waals surface area (Å²) in [5.41, 5.74) is 0.640. The number of benzene rings is 1. The standard InChI is InChI=1S/C26H36N2O8/c1-34-26(33)23-24-19(35-21(36-24)11-6-12-29)15-28(23)25(32)22(17-8-3-2-4-9-17)27-20(31)14-16-7-5-10-18(30)13-16/h5,7,10,13,17,19,21-24,29-30H,2-4,6,8-9,11-12,14-15H2,1H3,(H,27,31)/t19-,21-,22-,23-,24-/m0/s1. The largest absolute Gasteiger partial charge is 0.508 e. The number of ether oxygens (including phenoxy) is 3. The van der Waals surface area contributed by atoms with E-state index in [-0.39, 0.29) is 43.1 Å². The van der Waals surface area contributed by atoms with Gasteiger partial charge in [-0.2, -0.15) is 0 Å². The van der Waals surface area contributed by atoms with Gasteiger partial charge in [0, 0.05) is 13.0 Å². The van der Waals surface area contributed by atoms with Crippen molar-refractivity contribution in [3.8, 4) is 5.75 Å². The summed E-state index contributed by atoms with van der Waals surface area (Å²) in [6.07, 6.45) is 3.96. The maximum atomic E-state index is 13.9. The maximum Gasteiger partial charge on any atom is 0.331 e. The van der Waals surface area contributed by atoms with Gasteiger partial charge in [0.15, 0.2) is 12.3 Å². The molecule has 1 aromatic rings. The fourth-order valence-electron chi connectivity index (χ4n) is 5.58. The van der Waals surface area contributed by atoms with Crippen LogP contribution in [0, 0.1) is 5.92 Å². The number of rotatable bonds is 9. The van der Waals surface area contributed by atoms with Crippen LogP contribution in [-0.2, 0) is 35.0 Å². The minimum Gasteiger partial charge on any atom is -0.508 e. The van der Waals surface area contributed by atoms with E-state index in [1.54, 1.807) is 12.1 Å². The van der Waals surface area contributed by atoms with Crippen molar-refractivity contribution in [1.82, 2.24) is 10.2 Å². The lowest BCUT2D eigenvalue weighted by molar-refractivity contribution is -0.160. The molecule has 5 atom stereocenters. The third-order valence-electron chi connectivity index (χ3n) is 7.33. The molecule has 2 heterocycles. The normalized spacial score (nSPS) is 26.9. The Morgan fingerprint density at radius 1 is 1.19 bits per heavy atom. The van der Waals surface area contributed by atoms with Crippen LogP contribution in [0.2, 0.25) is 0 Å². The molecule has 2 aliphatic heterocycles. The van der Waals surface area contributed by atoms with E-state index < -0.39 is 36.6 Å². The molecule has 0 radical (unpaired) electrons. The molecule has 198 valence electrons. The van der Waals surface area contributed by atoms with E-state index >= 15 is 0 Å². The number of carbonyl (C=O) groups excluding carboxylic acids is 3. The number of nitrogens with zero attached hydrogens (tertiary/aromatic N) is 1. The van der Waals surface area contributed by atoms with Crippen molar-refractivity contribution in [2.45, 2.75) is 81.9 Å². The molecular formula is C26H36N2O8. The van der Waals surface area contributed by atoms with E-state index in [1.807, 2.05) is 0 Å². The van der Waals surface area contributed by atoms with Crippen LogP contribution in [0.3, 0.4) is 0 Å². The van der Waals surface area contributed by atoms with Gasteiger partial charge in [-0.25, -0.2) is 4.79 Å². The van der Waals surface area contributed by atoms with Gasteiger partial charge in [0.2, 0.25) is 11.8 Å². The number of phenols is 1. The van der Waals surface area contributed by atoms with E-state index in [1.165, 1.54) is 24.1 Å². The highest BCUT2D eigenvalue weighted by Crippen LogP contribution is 2.36. The van der Waals surface area contributed by atoms with Crippen molar-refractivity contribution in [2.75, 3.05) is 20.3 Å². The number of carbonyl (C=O) groups is 3. The minimum atomic E-state index is -0.972. The predicted molar refractivity (Wildman–Crippen MR) is 128 cm³/mol. The summed E-state index contributed by atoms with van der Waals surface area (Å²) in [7, 11) is 1.27. The Hall–Kier alpha value is -2.69. The minimum absolute atomic E-state index is 0.00889. The van der Waals surface area contributed by atoms with Gasteiger partial charge in [0.05, 0.1) is 20.1 Å². The van der Waals surface area contributed by atoms with Crippen LogP contribution >= 0.6 is 0 Å². The van der Waals surface area contributed by atoms with Crippen molar-refractivity contribution in [3.63, 3.8) is 0 Å². The first-order valence-corrected chi connectivity index (χ1v) is 12.8. The second-order valence-electron chi connectivity index (χ2n) is 9.82. The lowest BCUT2D eigenvalue weighted by Crippen LogP contribution is -2.56. The van der Waals surface area contributed by atoms with E-state index in [0.29, 0.717) is 18.4 Å². The summed E-state index contributed by atoms with van der Waals surface area (Å²) in [5.74, 6) is -1.22. The molecule has 36 heavy (non-hydrogen) atoms. The summed E-state index contributed by atoms with van der Waals surface area (Å²) < 4.78 is 16.9. The lowest BCUT2D eigenvalue weighted by atomic mass is 9.83. The average Bonchev–Trinajstić information content (AvgIpc) is 3.43. The third-order valence-corrected chi connectivity index (χ3v) is 7.33. The van der Waals surface area contributed by atoms with Crippen molar-refractivity contribution in [1.29, 1.82) is 0 Å². The number of fused-ring (bicyclic) bond motifs is 1. The Labute approximate surface area is 210 Å². The third kappa shape index (κ3) is 5.99. The van der Waals surface area contributed by atoms with Crippen LogP contribution in [-0.4, -0.2) is 83.7 Å². The Kier molecular flexibility index (Phi) is 8.81.